The van der Waals surface area contributed by atoms with Gasteiger partial charge in [0.25, 0.3) is 0 Å². The smallest absolute Gasteiger partial charge is 0.196 e. The summed E-state index contributed by atoms with van der Waals surface area (Å²) in [6, 6.07) is 8.96. The van der Waals surface area contributed by atoms with Crippen molar-refractivity contribution in [3.05, 3.63) is 63.3 Å². The van der Waals surface area contributed by atoms with Gasteiger partial charge >= 0.3 is 0 Å². The van der Waals surface area contributed by atoms with Crippen molar-refractivity contribution in [3.63, 3.8) is 0 Å². The predicted octanol–water partition coefficient (Wildman–Crippen LogP) is 4.21. The van der Waals surface area contributed by atoms with E-state index in [2.05, 4.69) is 25.9 Å². The van der Waals surface area contributed by atoms with Crippen LogP contribution in [0.4, 0.5) is 0 Å². The second-order valence-electron chi connectivity index (χ2n) is 4.03. The van der Waals surface area contributed by atoms with E-state index in [9.17, 15) is 4.79 Å². The van der Waals surface area contributed by atoms with Crippen molar-refractivity contribution in [1.82, 2.24) is 9.97 Å². The van der Waals surface area contributed by atoms with Gasteiger partial charge in [0.2, 0.25) is 0 Å². The maximum Gasteiger partial charge on any atom is 0.196 e. The van der Waals surface area contributed by atoms with Gasteiger partial charge in [-0.15, -0.1) is 0 Å². The fourth-order valence-corrected chi connectivity index (χ4v) is 2.55. The Balaban J connectivity index is 2.17. The average Bonchev–Trinajstić information content (AvgIpc) is 2.85. The molecule has 3 rings (SSSR count). The molecule has 94 valence electrons. The number of ketones is 1. The molecule has 5 heteroatoms. The van der Waals surface area contributed by atoms with Gasteiger partial charge in [0.05, 0.1) is 5.02 Å². The molecule has 1 aromatic carbocycles. The molecule has 2 heterocycles. The number of rotatable bonds is 2. The third-order valence-corrected chi connectivity index (χ3v) is 4.19. The Labute approximate surface area is 122 Å². The number of carbonyl (C=O) groups is 1. The Morgan fingerprint density at radius 3 is 2.89 bits per heavy atom. The molecule has 2 aromatic heterocycles. The Bertz CT molecular complexity index is 782. The molecule has 0 spiro atoms. The number of benzene rings is 1. The van der Waals surface area contributed by atoms with Crippen LogP contribution in [0.15, 0.2) is 47.2 Å². The van der Waals surface area contributed by atoms with Crippen molar-refractivity contribution in [2.24, 2.45) is 0 Å². The van der Waals surface area contributed by atoms with E-state index in [0.717, 1.165) is 5.39 Å². The minimum absolute atomic E-state index is 0.120. The van der Waals surface area contributed by atoms with E-state index in [-0.39, 0.29) is 5.78 Å². The summed E-state index contributed by atoms with van der Waals surface area (Å²) in [6.45, 7) is 0. The van der Waals surface area contributed by atoms with E-state index in [1.54, 1.807) is 36.7 Å². The first-order chi connectivity index (χ1) is 9.18. The fraction of sp³-hybridized carbons (Fsp3) is 0. The third-order valence-electron chi connectivity index (χ3n) is 2.89. The second kappa shape index (κ2) is 4.79. The standard InChI is InChI=1S/C14H8BrClN2O/c15-11-5-1-3-9(12(11)16)13(19)10-7-18-14-8(10)4-2-6-17-14/h1-7H,(H,17,18). The summed E-state index contributed by atoms with van der Waals surface area (Å²) in [5.41, 5.74) is 1.74. The van der Waals surface area contributed by atoms with Crippen LogP contribution in [0.2, 0.25) is 5.02 Å². The lowest BCUT2D eigenvalue weighted by atomic mass is 10.0. The Hall–Kier alpha value is -1.65. The zero-order chi connectivity index (χ0) is 13.4. The molecule has 3 nitrogen and oxygen atoms in total. The van der Waals surface area contributed by atoms with Gasteiger partial charge in [0, 0.05) is 33.4 Å². The van der Waals surface area contributed by atoms with Crippen LogP contribution in [0, 0.1) is 0 Å². The van der Waals surface area contributed by atoms with Gasteiger partial charge < -0.3 is 4.98 Å². The Kier molecular flexibility index (Phi) is 3.12. The molecule has 0 fully saturated rings. The molecule has 0 unspecified atom stereocenters. The molecular formula is C14H8BrClN2O. The maximum atomic E-state index is 12.5. The van der Waals surface area contributed by atoms with Crippen molar-refractivity contribution >= 4 is 44.3 Å². The molecule has 1 N–H and O–H groups in total. The molecule has 0 saturated carbocycles. The summed E-state index contributed by atoms with van der Waals surface area (Å²) in [7, 11) is 0. The first-order valence-electron chi connectivity index (χ1n) is 5.59. The number of aromatic amines is 1. The van der Waals surface area contributed by atoms with Crippen LogP contribution < -0.4 is 0 Å². The van der Waals surface area contributed by atoms with Crippen molar-refractivity contribution in [3.8, 4) is 0 Å². The third kappa shape index (κ3) is 2.07. The Morgan fingerprint density at radius 1 is 1.21 bits per heavy atom. The first-order valence-corrected chi connectivity index (χ1v) is 6.76. The number of halogens is 2. The largest absolute Gasteiger partial charge is 0.345 e. The molecule has 3 aromatic rings. The zero-order valence-corrected chi connectivity index (χ0v) is 12.0. The minimum Gasteiger partial charge on any atom is -0.345 e. The monoisotopic (exact) mass is 334 g/mol. The number of hydrogen-bond donors (Lipinski definition) is 1. The van der Waals surface area contributed by atoms with E-state index in [1.807, 2.05) is 6.07 Å². The van der Waals surface area contributed by atoms with E-state index in [1.165, 1.54) is 0 Å². The summed E-state index contributed by atoms with van der Waals surface area (Å²) in [5.74, 6) is -0.120. The van der Waals surface area contributed by atoms with E-state index in [4.69, 9.17) is 11.6 Å². The van der Waals surface area contributed by atoms with Gasteiger partial charge in [0.1, 0.15) is 5.65 Å². The van der Waals surface area contributed by atoms with Crippen molar-refractivity contribution in [1.29, 1.82) is 0 Å². The van der Waals surface area contributed by atoms with Crippen molar-refractivity contribution < 1.29 is 4.79 Å². The number of pyridine rings is 1. The van der Waals surface area contributed by atoms with Gasteiger partial charge in [-0.25, -0.2) is 4.98 Å². The van der Waals surface area contributed by atoms with Crippen molar-refractivity contribution in [2.45, 2.75) is 0 Å². The number of H-pyrrole nitrogens is 1. The summed E-state index contributed by atoms with van der Waals surface area (Å²) in [5, 5.41) is 1.22. The zero-order valence-electron chi connectivity index (χ0n) is 9.65. The summed E-state index contributed by atoms with van der Waals surface area (Å²) in [4.78, 5) is 19.7. The highest BCUT2D eigenvalue weighted by molar-refractivity contribution is 9.10. The van der Waals surface area contributed by atoms with E-state index < -0.39 is 0 Å². The van der Waals surface area contributed by atoms with Gasteiger partial charge in [-0.05, 0) is 40.2 Å². The topological polar surface area (TPSA) is 45.8 Å². The van der Waals surface area contributed by atoms with Crippen molar-refractivity contribution in [2.75, 3.05) is 0 Å². The van der Waals surface area contributed by atoms with Gasteiger partial charge in [-0.1, -0.05) is 17.7 Å². The number of carbonyl (C=O) groups excluding carboxylic acids is 1. The SMILES string of the molecule is O=C(c1cccc(Br)c1Cl)c1c[nH]c2ncccc12. The van der Waals surface area contributed by atoms with Gasteiger partial charge in [-0.3, -0.25) is 4.79 Å². The number of hydrogen-bond acceptors (Lipinski definition) is 2. The number of nitrogens with zero attached hydrogens (tertiary/aromatic N) is 1. The molecule has 0 bridgehead atoms. The van der Waals surface area contributed by atoms with Crippen LogP contribution in [-0.4, -0.2) is 15.8 Å². The highest BCUT2D eigenvalue weighted by atomic mass is 79.9. The number of fused-ring (bicyclic) bond motifs is 1. The quantitative estimate of drug-likeness (QED) is 0.713. The summed E-state index contributed by atoms with van der Waals surface area (Å²) >= 11 is 9.49. The van der Waals surface area contributed by atoms with Crippen LogP contribution in [0.1, 0.15) is 15.9 Å². The van der Waals surface area contributed by atoms with Crippen LogP contribution in [0.3, 0.4) is 0 Å². The molecule has 0 amide bonds. The van der Waals surface area contributed by atoms with Crippen LogP contribution in [0.5, 0.6) is 0 Å². The highest BCUT2D eigenvalue weighted by Crippen LogP contribution is 2.29. The summed E-state index contributed by atoms with van der Waals surface area (Å²) in [6.07, 6.45) is 3.34. The normalized spacial score (nSPS) is 10.8. The molecule has 0 aliphatic rings. The van der Waals surface area contributed by atoms with Gasteiger partial charge in [0.15, 0.2) is 5.78 Å². The Morgan fingerprint density at radius 2 is 2.05 bits per heavy atom. The van der Waals surface area contributed by atoms with Crippen LogP contribution in [-0.2, 0) is 0 Å². The lowest BCUT2D eigenvalue weighted by molar-refractivity contribution is 0.104. The van der Waals surface area contributed by atoms with Gasteiger partial charge in [-0.2, -0.15) is 0 Å². The number of aromatic nitrogens is 2. The lowest BCUT2D eigenvalue weighted by Gasteiger charge is -2.04. The molecule has 0 aliphatic carbocycles. The molecule has 0 radical (unpaired) electrons. The van der Waals surface area contributed by atoms with Crippen LogP contribution in [0.25, 0.3) is 11.0 Å². The number of nitrogens with one attached hydrogen (secondary N) is 1. The molecule has 0 saturated heterocycles. The fourth-order valence-electron chi connectivity index (χ4n) is 1.97. The maximum absolute atomic E-state index is 12.5. The van der Waals surface area contributed by atoms with E-state index in [0.29, 0.717) is 26.3 Å². The van der Waals surface area contributed by atoms with Crippen LogP contribution >= 0.6 is 27.5 Å². The average molecular weight is 336 g/mol. The molecular weight excluding hydrogens is 328 g/mol. The summed E-state index contributed by atoms with van der Waals surface area (Å²) < 4.78 is 0.706. The van der Waals surface area contributed by atoms with E-state index >= 15 is 0 Å². The second-order valence-corrected chi connectivity index (χ2v) is 5.26. The molecule has 19 heavy (non-hydrogen) atoms. The first kappa shape index (κ1) is 12.4. The minimum atomic E-state index is -0.120. The predicted molar refractivity (Wildman–Crippen MR) is 78.7 cm³/mol. The lowest BCUT2D eigenvalue weighted by Crippen LogP contribution is -2.01. The molecule has 0 aliphatic heterocycles. The molecule has 0 atom stereocenters. The highest BCUT2D eigenvalue weighted by Gasteiger charge is 2.18.